The molecule has 0 fully saturated rings. The molecule has 2 rings (SSSR count). The molecule has 0 saturated carbocycles. The van der Waals surface area contributed by atoms with Crippen molar-refractivity contribution in [1.29, 1.82) is 0 Å². The number of fused-ring (bicyclic) bond motifs is 1. The number of rotatable bonds is 4. The largest absolute Gasteiger partial charge is 0.454 e. The van der Waals surface area contributed by atoms with E-state index in [1.54, 1.807) is 6.07 Å². The second-order valence-electron chi connectivity index (χ2n) is 3.67. The lowest BCUT2D eigenvalue weighted by Crippen LogP contribution is -2.26. The van der Waals surface area contributed by atoms with Crippen LogP contribution in [0.3, 0.4) is 0 Å². The van der Waals surface area contributed by atoms with E-state index in [1.165, 1.54) is 0 Å². The maximum Gasteiger partial charge on any atom is 0.231 e. The van der Waals surface area contributed by atoms with Crippen molar-refractivity contribution in [2.45, 2.75) is 25.8 Å². The SMILES string of the molecule is Cl.[2H]C1([2H])Oc2ccc(C[C@@H](CC)NC)cc2O1. The zero-order valence-electron chi connectivity index (χ0n) is 11.4. The van der Waals surface area contributed by atoms with Crippen molar-refractivity contribution in [2.24, 2.45) is 0 Å². The van der Waals surface area contributed by atoms with Gasteiger partial charge in [0.25, 0.3) is 0 Å². The van der Waals surface area contributed by atoms with Crippen molar-refractivity contribution in [1.82, 2.24) is 5.32 Å². The number of likely N-dealkylation sites (N-methyl/N-ethyl adjacent to an activating group) is 1. The Balaban J connectivity index is 0.00000162. The van der Waals surface area contributed by atoms with E-state index in [1.807, 2.05) is 19.2 Å². The minimum Gasteiger partial charge on any atom is -0.454 e. The Morgan fingerprint density at radius 2 is 2.19 bits per heavy atom. The number of hydrogen-bond donors (Lipinski definition) is 1. The smallest absolute Gasteiger partial charge is 0.231 e. The highest BCUT2D eigenvalue weighted by Crippen LogP contribution is 2.32. The molecule has 1 aromatic rings. The number of ether oxygens (including phenoxy) is 2. The Hall–Kier alpha value is -0.930. The van der Waals surface area contributed by atoms with E-state index in [4.69, 9.17) is 12.2 Å². The first-order valence-corrected chi connectivity index (χ1v) is 5.22. The van der Waals surface area contributed by atoms with E-state index in [0.717, 1.165) is 18.4 Å². The highest BCUT2D eigenvalue weighted by Gasteiger charge is 2.14. The van der Waals surface area contributed by atoms with Crippen LogP contribution in [0.25, 0.3) is 0 Å². The highest BCUT2D eigenvalue weighted by molar-refractivity contribution is 5.85. The standard InChI is InChI=1S/C12H17NO2.ClH/c1-3-10(13-2)6-9-4-5-11-12(7-9)15-8-14-11;/h4-5,7,10,13H,3,6,8H2,1-2H3;1H/t10-;/m1./s1/i8D2;. The topological polar surface area (TPSA) is 30.5 Å². The van der Waals surface area contributed by atoms with Crippen LogP contribution in [0, 0.1) is 0 Å². The second-order valence-corrected chi connectivity index (χ2v) is 3.67. The molecule has 0 radical (unpaired) electrons. The van der Waals surface area contributed by atoms with E-state index in [2.05, 4.69) is 12.2 Å². The highest BCUT2D eigenvalue weighted by atomic mass is 35.5. The third-order valence-corrected chi connectivity index (χ3v) is 2.69. The van der Waals surface area contributed by atoms with Gasteiger partial charge >= 0.3 is 0 Å². The van der Waals surface area contributed by atoms with Crippen molar-refractivity contribution in [3.05, 3.63) is 23.8 Å². The monoisotopic (exact) mass is 245 g/mol. The summed E-state index contributed by atoms with van der Waals surface area (Å²) in [4.78, 5) is 0. The molecule has 1 N–H and O–H groups in total. The molecule has 0 spiro atoms. The Labute approximate surface area is 105 Å². The van der Waals surface area contributed by atoms with Crippen LogP contribution in [0.15, 0.2) is 18.2 Å². The van der Waals surface area contributed by atoms with Gasteiger partial charge in [0, 0.05) is 6.04 Å². The summed E-state index contributed by atoms with van der Waals surface area (Å²) < 4.78 is 24.8. The van der Waals surface area contributed by atoms with Crippen molar-refractivity contribution < 1.29 is 12.2 Å². The summed E-state index contributed by atoms with van der Waals surface area (Å²) in [7, 11) is 1.94. The molecule has 4 heteroatoms. The summed E-state index contributed by atoms with van der Waals surface area (Å²) >= 11 is 0. The van der Waals surface area contributed by atoms with Gasteiger partial charge in [-0.2, -0.15) is 0 Å². The molecule has 0 bridgehead atoms. The molecule has 1 aromatic carbocycles. The van der Waals surface area contributed by atoms with Crippen LogP contribution in [-0.2, 0) is 6.42 Å². The molecule has 0 aliphatic carbocycles. The maximum absolute atomic E-state index is 7.37. The van der Waals surface area contributed by atoms with Gasteiger partial charge in [0.15, 0.2) is 11.5 Å². The minimum atomic E-state index is -2.03. The van der Waals surface area contributed by atoms with Crippen LogP contribution in [-0.4, -0.2) is 19.8 Å². The van der Waals surface area contributed by atoms with E-state index in [-0.39, 0.29) is 12.4 Å². The molecule has 0 aromatic heterocycles. The Morgan fingerprint density at radius 1 is 1.44 bits per heavy atom. The van der Waals surface area contributed by atoms with Gasteiger partial charge in [-0.05, 0) is 37.6 Å². The van der Waals surface area contributed by atoms with Gasteiger partial charge in [-0.3, -0.25) is 0 Å². The third kappa shape index (κ3) is 2.80. The zero-order valence-corrected chi connectivity index (χ0v) is 10.3. The van der Waals surface area contributed by atoms with Gasteiger partial charge in [0.1, 0.15) is 2.74 Å². The van der Waals surface area contributed by atoms with Crippen LogP contribution >= 0.6 is 12.4 Å². The first-order valence-electron chi connectivity index (χ1n) is 6.22. The van der Waals surface area contributed by atoms with Gasteiger partial charge in [-0.15, -0.1) is 12.4 Å². The average Bonchev–Trinajstić information content (AvgIpc) is 2.58. The van der Waals surface area contributed by atoms with E-state index >= 15 is 0 Å². The van der Waals surface area contributed by atoms with Crippen LogP contribution in [0.5, 0.6) is 11.5 Å². The predicted octanol–water partition coefficient (Wildman–Crippen LogP) is 2.38. The summed E-state index contributed by atoms with van der Waals surface area (Å²) in [6.07, 6.45) is 1.94. The van der Waals surface area contributed by atoms with Gasteiger partial charge in [-0.1, -0.05) is 13.0 Å². The van der Waals surface area contributed by atoms with Crippen molar-refractivity contribution in [3.63, 3.8) is 0 Å². The molecule has 16 heavy (non-hydrogen) atoms. The van der Waals surface area contributed by atoms with E-state index in [9.17, 15) is 0 Å². The molecule has 1 aliphatic heterocycles. The van der Waals surface area contributed by atoms with Crippen LogP contribution in [0.2, 0.25) is 0 Å². The first kappa shape index (κ1) is 10.2. The molecule has 0 saturated heterocycles. The lowest BCUT2D eigenvalue weighted by molar-refractivity contribution is 0.174. The van der Waals surface area contributed by atoms with Gasteiger partial charge in [0.2, 0.25) is 6.75 Å². The van der Waals surface area contributed by atoms with Crippen molar-refractivity contribution in [3.8, 4) is 11.5 Å². The fourth-order valence-corrected chi connectivity index (χ4v) is 1.69. The molecule has 0 unspecified atom stereocenters. The fraction of sp³-hybridized carbons (Fsp3) is 0.500. The number of nitrogens with one attached hydrogen (secondary N) is 1. The van der Waals surface area contributed by atoms with Gasteiger partial charge in [0.05, 0.1) is 0 Å². The average molecular weight is 246 g/mol. The molecule has 1 heterocycles. The molecule has 90 valence electrons. The number of hydrogen-bond acceptors (Lipinski definition) is 3. The maximum atomic E-state index is 7.37. The summed E-state index contributed by atoms with van der Waals surface area (Å²) in [5.74, 6) is 0.953. The van der Waals surface area contributed by atoms with E-state index in [0.29, 0.717) is 17.5 Å². The molecule has 0 amide bonds. The summed E-state index contributed by atoms with van der Waals surface area (Å²) in [5, 5.41) is 3.24. The minimum absolute atomic E-state index is 0. The van der Waals surface area contributed by atoms with Gasteiger partial charge < -0.3 is 14.8 Å². The Morgan fingerprint density at radius 3 is 2.88 bits per heavy atom. The lowest BCUT2D eigenvalue weighted by Gasteiger charge is -2.13. The molecular weight excluding hydrogens is 226 g/mol. The van der Waals surface area contributed by atoms with Gasteiger partial charge in [-0.25, -0.2) is 0 Å². The van der Waals surface area contributed by atoms with Crippen LogP contribution in [0.4, 0.5) is 0 Å². The van der Waals surface area contributed by atoms with Crippen molar-refractivity contribution in [2.75, 3.05) is 13.8 Å². The molecular formula is C12H18ClNO2. The molecule has 1 aliphatic rings. The number of halogens is 1. The van der Waals surface area contributed by atoms with Crippen LogP contribution < -0.4 is 14.8 Å². The summed E-state index contributed by atoms with van der Waals surface area (Å²) in [5.41, 5.74) is 1.12. The molecule has 1 atom stereocenters. The fourth-order valence-electron chi connectivity index (χ4n) is 1.69. The Kier molecular flexibility index (Phi) is 3.82. The predicted molar refractivity (Wildman–Crippen MR) is 66.7 cm³/mol. The quantitative estimate of drug-likeness (QED) is 0.884. The number of benzene rings is 1. The van der Waals surface area contributed by atoms with Crippen molar-refractivity contribution >= 4 is 12.4 Å². The summed E-state index contributed by atoms with van der Waals surface area (Å²) in [6, 6.07) is 5.98. The zero-order chi connectivity index (χ0) is 12.5. The molecule has 3 nitrogen and oxygen atoms in total. The summed E-state index contributed by atoms with van der Waals surface area (Å²) in [6.45, 7) is 0.0981. The normalized spacial score (nSPS) is 19.4. The van der Waals surface area contributed by atoms with E-state index < -0.39 is 6.75 Å². The lowest BCUT2D eigenvalue weighted by atomic mass is 10.0. The third-order valence-electron chi connectivity index (χ3n) is 2.69. The van der Waals surface area contributed by atoms with Crippen LogP contribution in [0.1, 0.15) is 21.6 Å². The Bertz CT molecular complexity index is 411. The second kappa shape index (κ2) is 5.97. The first-order chi connectivity index (χ1) is 8.04.